The molecule has 20 heavy (non-hydrogen) atoms. The van der Waals surface area contributed by atoms with Gasteiger partial charge in [0, 0.05) is 0 Å². The van der Waals surface area contributed by atoms with E-state index in [0.29, 0.717) is 18.7 Å². The van der Waals surface area contributed by atoms with E-state index in [-0.39, 0.29) is 11.7 Å². The molecule has 1 atom stereocenters. The lowest BCUT2D eigenvalue weighted by molar-refractivity contribution is 0.301. The zero-order chi connectivity index (χ0) is 14.2. The minimum absolute atomic E-state index is 0.0515. The van der Waals surface area contributed by atoms with Crippen LogP contribution in [0.25, 0.3) is 0 Å². The maximum Gasteiger partial charge on any atom is 0.126 e. The Morgan fingerprint density at radius 3 is 2.40 bits per heavy atom. The van der Waals surface area contributed by atoms with Gasteiger partial charge in [-0.05, 0) is 49.1 Å². The Hall–Kier alpha value is -1.87. The predicted molar refractivity (Wildman–Crippen MR) is 79.4 cm³/mol. The van der Waals surface area contributed by atoms with Gasteiger partial charge >= 0.3 is 0 Å². The Balaban J connectivity index is 1.81. The van der Waals surface area contributed by atoms with E-state index in [1.165, 1.54) is 6.07 Å². The summed E-state index contributed by atoms with van der Waals surface area (Å²) < 4.78 is 19.3. The molecule has 0 bridgehead atoms. The van der Waals surface area contributed by atoms with Crippen molar-refractivity contribution >= 4 is 0 Å². The first-order valence-electron chi connectivity index (χ1n) is 6.93. The van der Waals surface area contributed by atoms with Crippen molar-refractivity contribution in [1.82, 2.24) is 0 Å². The van der Waals surface area contributed by atoms with Gasteiger partial charge in [0.1, 0.15) is 11.6 Å². The molecule has 0 aliphatic rings. The number of hydrogen-bond acceptors (Lipinski definition) is 2. The fourth-order valence-corrected chi connectivity index (χ4v) is 2.24. The zero-order valence-corrected chi connectivity index (χ0v) is 11.5. The van der Waals surface area contributed by atoms with Crippen molar-refractivity contribution in [1.29, 1.82) is 0 Å². The first-order chi connectivity index (χ1) is 9.81. The van der Waals surface area contributed by atoms with Crippen molar-refractivity contribution in [2.75, 3.05) is 13.2 Å². The molecule has 3 heteroatoms. The minimum Gasteiger partial charge on any atom is -0.494 e. The lowest BCUT2D eigenvalue weighted by atomic mass is 9.94. The average Bonchev–Trinajstić information content (AvgIpc) is 2.50. The molecule has 0 aliphatic heterocycles. The third kappa shape index (κ3) is 4.07. The van der Waals surface area contributed by atoms with E-state index in [2.05, 4.69) is 0 Å². The Bertz CT molecular complexity index is 515. The highest BCUT2D eigenvalue weighted by atomic mass is 19.1. The fourth-order valence-electron chi connectivity index (χ4n) is 2.24. The highest BCUT2D eigenvalue weighted by molar-refractivity contribution is 5.22. The topological polar surface area (TPSA) is 35.2 Å². The van der Waals surface area contributed by atoms with Gasteiger partial charge in [0.05, 0.1) is 6.61 Å². The van der Waals surface area contributed by atoms with E-state index in [1.807, 2.05) is 42.5 Å². The van der Waals surface area contributed by atoms with Crippen LogP contribution in [-0.2, 0) is 0 Å². The van der Waals surface area contributed by atoms with Gasteiger partial charge in [0.2, 0.25) is 0 Å². The monoisotopic (exact) mass is 273 g/mol. The summed E-state index contributed by atoms with van der Waals surface area (Å²) in [7, 11) is 0. The van der Waals surface area contributed by atoms with Crippen LogP contribution in [0.2, 0.25) is 0 Å². The number of rotatable bonds is 7. The van der Waals surface area contributed by atoms with Gasteiger partial charge in [-0.3, -0.25) is 0 Å². The number of ether oxygens (including phenoxy) is 1. The van der Waals surface area contributed by atoms with E-state index in [1.54, 1.807) is 6.07 Å². The summed E-state index contributed by atoms with van der Waals surface area (Å²) in [6.45, 7) is 1.07. The van der Waals surface area contributed by atoms with Crippen molar-refractivity contribution in [3.63, 3.8) is 0 Å². The van der Waals surface area contributed by atoms with Gasteiger partial charge in [0.25, 0.3) is 0 Å². The van der Waals surface area contributed by atoms with Crippen molar-refractivity contribution in [2.24, 2.45) is 5.73 Å². The number of halogens is 1. The molecular formula is C17H20FNO. The summed E-state index contributed by atoms with van der Waals surface area (Å²) in [5, 5.41) is 0. The van der Waals surface area contributed by atoms with Crippen molar-refractivity contribution < 1.29 is 9.13 Å². The molecule has 0 fully saturated rings. The SMILES string of the molecule is NCC(CCCOc1ccccc1)c1ccccc1F. The minimum atomic E-state index is -0.174. The molecular weight excluding hydrogens is 253 g/mol. The van der Waals surface area contributed by atoms with Crippen LogP contribution in [0.3, 0.4) is 0 Å². The second-order valence-corrected chi connectivity index (χ2v) is 4.76. The summed E-state index contributed by atoms with van der Waals surface area (Å²) >= 11 is 0. The van der Waals surface area contributed by atoms with Gasteiger partial charge < -0.3 is 10.5 Å². The highest BCUT2D eigenvalue weighted by Gasteiger charge is 2.13. The van der Waals surface area contributed by atoms with Gasteiger partial charge in [-0.1, -0.05) is 36.4 Å². The van der Waals surface area contributed by atoms with Crippen LogP contribution in [0.1, 0.15) is 24.3 Å². The van der Waals surface area contributed by atoms with Gasteiger partial charge in [-0.15, -0.1) is 0 Å². The van der Waals surface area contributed by atoms with Gasteiger partial charge in [-0.25, -0.2) is 4.39 Å². The number of para-hydroxylation sites is 1. The molecule has 0 aliphatic carbocycles. The number of nitrogens with two attached hydrogens (primary N) is 1. The predicted octanol–water partition coefficient (Wildman–Crippen LogP) is 3.73. The van der Waals surface area contributed by atoms with Gasteiger partial charge in [0.15, 0.2) is 0 Å². The van der Waals surface area contributed by atoms with E-state index in [9.17, 15) is 4.39 Å². The quantitative estimate of drug-likeness (QED) is 0.780. The molecule has 0 radical (unpaired) electrons. The lowest BCUT2D eigenvalue weighted by Crippen LogP contribution is -2.15. The third-order valence-electron chi connectivity index (χ3n) is 3.34. The molecule has 106 valence electrons. The Morgan fingerprint density at radius 1 is 1.00 bits per heavy atom. The first-order valence-corrected chi connectivity index (χ1v) is 6.93. The molecule has 2 aromatic rings. The van der Waals surface area contributed by atoms with Crippen LogP contribution in [0.15, 0.2) is 54.6 Å². The summed E-state index contributed by atoms with van der Waals surface area (Å²) in [5.41, 5.74) is 6.46. The smallest absolute Gasteiger partial charge is 0.126 e. The summed E-state index contributed by atoms with van der Waals surface area (Å²) in [5.74, 6) is 0.741. The summed E-state index contributed by atoms with van der Waals surface area (Å²) in [6, 6.07) is 16.5. The summed E-state index contributed by atoms with van der Waals surface area (Å²) in [6.07, 6.45) is 1.68. The van der Waals surface area contributed by atoms with E-state index in [4.69, 9.17) is 10.5 Å². The lowest BCUT2D eigenvalue weighted by Gasteiger charge is -2.16. The van der Waals surface area contributed by atoms with Crippen LogP contribution < -0.4 is 10.5 Å². The van der Waals surface area contributed by atoms with Crippen LogP contribution >= 0.6 is 0 Å². The molecule has 1 unspecified atom stereocenters. The number of hydrogen-bond donors (Lipinski definition) is 1. The standard InChI is InChI=1S/C17H20FNO/c18-17-11-5-4-10-16(17)14(13-19)7-6-12-20-15-8-2-1-3-9-15/h1-5,8-11,14H,6-7,12-13,19H2. The first kappa shape index (κ1) is 14.5. The Labute approximate surface area is 119 Å². The maximum absolute atomic E-state index is 13.7. The molecule has 0 heterocycles. The molecule has 0 amide bonds. The van der Waals surface area contributed by atoms with E-state index < -0.39 is 0 Å². The van der Waals surface area contributed by atoms with Crippen LogP contribution in [0, 0.1) is 5.82 Å². The molecule has 2 nitrogen and oxygen atoms in total. The normalized spacial score (nSPS) is 12.1. The van der Waals surface area contributed by atoms with Crippen molar-refractivity contribution in [3.05, 3.63) is 66.0 Å². The fraction of sp³-hybridized carbons (Fsp3) is 0.294. The zero-order valence-electron chi connectivity index (χ0n) is 11.5. The van der Waals surface area contributed by atoms with E-state index >= 15 is 0 Å². The van der Waals surface area contributed by atoms with Crippen LogP contribution in [0.5, 0.6) is 5.75 Å². The third-order valence-corrected chi connectivity index (χ3v) is 3.34. The van der Waals surface area contributed by atoms with Gasteiger partial charge in [-0.2, -0.15) is 0 Å². The molecule has 0 spiro atoms. The van der Waals surface area contributed by atoms with E-state index in [0.717, 1.165) is 18.6 Å². The highest BCUT2D eigenvalue weighted by Crippen LogP contribution is 2.23. The Kier molecular flexibility index (Phi) is 5.56. The van der Waals surface area contributed by atoms with Crippen LogP contribution in [-0.4, -0.2) is 13.2 Å². The second kappa shape index (κ2) is 7.65. The largest absolute Gasteiger partial charge is 0.494 e. The molecule has 2 rings (SSSR count). The molecule has 2 N–H and O–H groups in total. The average molecular weight is 273 g/mol. The molecule has 0 aromatic heterocycles. The maximum atomic E-state index is 13.7. The van der Waals surface area contributed by atoms with Crippen molar-refractivity contribution in [2.45, 2.75) is 18.8 Å². The van der Waals surface area contributed by atoms with Crippen LogP contribution in [0.4, 0.5) is 4.39 Å². The number of benzene rings is 2. The summed E-state index contributed by atoms with van der Waals surface area (Å²) in [4.78, 5) is 0. The molecule has 0 saturated heterocycles. The molecule has 0 saturated carbocycles. The van der Waals surface area contributed by atoms with Crippen molar-refractivity contribution in [3.8, 4) is 5.75 Å². The molecule has 2 aromatic carbocycles. The Morgan fingerprint density at radius 2 is 1.70 bits per heavy atom. The second-order valence-electron chi connectivity index (χ2n) is 4.76.